The molecular formula is C6H7ClF3S. The van der Waals surface area contributed by atoms with Gasteiger partial charge in [0.2, 0.25) is 0 Å². The summed E-state index contributed by atoms with van der Waals surface area (Å²) < 4.78 is 35.0. The van der Waals surface area contributed by atoms with E-state index in [2.05, 4.69) is 0 Å². The van der Waals surface area contributed by atoms with Crippen LogP contribution in [0.5, 0.6) is 0 Å². The molecule has 0 aromatic rings. The molecule has 0 aliphatic carbocycles. The molecule has 0 aliphatic rings. The van der Waals surface area contributed by atoms with Crippen LogP contribution in [0.15, 0.2) is 11.1 Å². The van der Waals surface area contributed by atoms with Gasteiger partial charge in [-0.05, 0) is 0 Å². The van der Waals surface area contributed by atoms with Gasteiger partial charge in [-0.1, -0.05) is 24.6 Å². The lowest BCUT2D eigenvalue weighted by molar-refractivity contribution is -0.0846. The first-order valence-corrected chi connectivity index (χ1v) is 4.23. The molecule has 0 bridgehead atoms. The van der Waals surface area contributed by atoms with E-state index in [1.54, 1.807) is 12.7 Å². The highest BCUT2D eigenvalue weighted by molar-refractivity contribution is 8.01. The van der Waals surface area contributed by atoms with Crippen molar-refractivity contribution in [3.63, 3.8) is 0 Å². The Kier molecular flexibility index (Phi) is 5.01. The Morgan fingerprint density at radius 3 is 2.45 bits per heavy atom. The van der Waals surface area contributed by atoms with Crippen LogP contribution in [0.4, 0.5) is 13.2 Å². The number of hydrogen-bond acceptors (Lipinski definition) is 1. The first-order valence-electron chi connectivity index (χ1n) is 2.80. The number of thioether (sulfide) groups is 1. The van der Waals surface area contributed by atoms with Crippen molar-refractivity contribution in [3.8, 4) is 0 Å². The number of hydrogen-bond donors (Lipinski definition) is 0. The fraction of sp³-hybridized carbons (Fsp3) is 0.500. The van der Waals surface area contributed by atoms with Crippen LogP contribution in [-0.2, 0) is 0 Å². The summed E-state index contributed by atoms with van der Waals surface area (Å²) in [5.74, 6) is 1.96. The van der Waals surface area contributed by atoms with E-state index in [4.69, 9.17) is 11.6 Å². The molecule has 0 nitrogen and oxygen atoms in total. The van der Waals surface area contributed by atoms with Crippen LogP contribution in [-0.4, -0.2) is 11.9 Å². The number of halogens is 4. The van der Waals surface area contributed by atoms with Crippen LogP contribution < -0.4 is 0 Å². The van der Waals surface area contributed by atoms with Gasteiger partial charge in [0.1, 0.15) is 5.03 Å². The minimum absolute atomic E-state index is 0.259. The Balaban J connectivity index is 3.81. The Labute approximate surface area is 72.8 Å². The zero-order valence-corrected chi connectivity index (χ0v) is 7.35. The Hall–Kier alpha value is 0.170. The van der Waals surface area contributed by atoms with Gasteiger partial charge in [0.15, 0.2) is 0 Å². The van der Waals surface area contributed by atoms with E-state index in [-0.39, 0.29) is 5.75 Å². The fourth-order valence-corrected chi connectivity index (χ4v) is 0.957. The minimum atomic E-state index is -4.39. The van der Waals surface area contributed by atoms with Crippen molar-refractivity contribution in [3.05, 3.63) is 16.9 Å². The monoisotopic (exact) mass is 203 g/mol. The zero-order valence-electron chi connectivity index (χ0n) is 5.78. The van der Waals surface area contributed by atoms with Crippen molar-refractivity contribution in [1.29, 1.82) is 0 Å². The third-order valence-electron chi connectivity index (χ3n) is 0.796. The molecule has 11 heavy (non-hydrogen) atoms. The van der Waals surface area contributed by atoms with Gasteiger partial charge in [-0.25, -0.2) is 0 Å². The maximum absolute atomic E-state index is 11.7. The third kappa shape index (κ3) is 5.44. The van der Waals surface area contributed by atoms with E-state index in [0.29, 0.717) is 0 Å². The largest absolute Gasteiger partial charge is 0.426 e. The van der Waals surface area contributed by atoms with E-state index in [1.165, 1.54) is 11.8 Å². The lowest BCUT2D eigenvalue weighted by Crippen LogP contribution is -2.07. The quantitative estimate of drug-likeness (QED) is 0.632. The first kappa shape index (κ1) is 11.2. The van der Waals surface area contributed by atoms with Crippen molar-refractivity contribution in [2.75, 3.05) is 5.75 Å². The van der Waals surface area contributed by atoms with Gasteiger partial charge >= 0.3 is 6.18 Å². The van der Waals surface area contributed by atoms with E-state index >= 15 is 0 Å². The molecule has 0 aromatic carbocycles. The summed E-state index contributed by atoms with van der Waals surface area (Å²) >= 11 is 6.17. The molecule has 0 spiro atoms. The molecule has 0 aromatic heterocycles. The van der Waals surface area contributed by atoms with Crippen LogP contribution in [0.3, 0.4) is 0 Å². The average Bonchev–Trinajstić information content (AvgIpc) is 1.86. The molecule has 0 saturated heterocycles. The fourth-order valence-electron chi connectivity index (χ4n) is 0.333. The predicted molar refractivity (Wildman–Crippen MR) is 42.4 cm³/mol. The van der Waals surface area contributed by atoms with Gasteiger partial charge in [-0.3, -0.25) is 0 Å². The molecule has 0 saturated carbocycles. The van der Waals surface area contributed by atoms with Crippen LogP contribution >= 0.6 is 23.4 Å². The molecule has 0 N–H and O–H groups in total. The molecule has 0 heterocycles. The highest BCUT2D eigenvalue weighted by Crippen LogP contribution is 2.28. The summed E-state index contributed by atoms with van der Waals surface area (Å²) in [5.41, 5.74) is 0. The van der Waals surface area contributed by atoms with E-state index < -0.39 is 11.2 Å². The van der Waals surface area contributed by atoms with Crippen LogP contribution in [0, 0.1) is 5.75 Å². The standard InChI is InChI=1S/C6H7ClF3S/c1-2-11-4-3-5(7)6(8,9)10/h2-3H,4H2,1H3/b5-3-. The van der Waals surface area contributed by atoms with E-state index in [9.17, 15) is 13.2 Å². The Morgan fingerprint density at radius 1 is 1.55 bits per heavy atom. The number of alkyl halides is 3. The SMILES string of the molecule is C[CH]SC/C=C(\Cl)C(F)(F)F. The molecule has 0 fully saturated rings. The van der Waals surface area contributed by atoms with E-state index in [1.807, 2.05) is 0 Å². The van der Waals surface area contributed by atoms with Gasteiger partial charge in [-0.15, -0.1) is 0 Å². The Bertz CT molecular complexity index is 141. The van der Waals surface area contributed by atoms with Crippen molar-refractivity contribution in [2.24, 2.45) is 0 Å². The lowest BCUT2D eigenvalue weighted by atomic mass is 10.5. The molecule has 65 valence electrons. The molecule has 1 radical (unpaired) electrons. The molecule has 0 aliphatic heterocycles. The summed E-state index contributed by atoms with van der Waals surface area (Å²) in [4.78, 5) is 0. The van der Waals surface area contributed by atoms with Crippen molar-refractivity contribution < 1.29 is 13.2 Å². The summed E-state index contributed by atoms with van der Waals surface area (Å²) in [6.07, 6.45) is -3.44. The van der Waals surface area contributed by atoms with E-state index in [0.717, 1.165) is 6.08 Å². The van der Waals surface area contributed by atoms with Gasteiger partial charge in [0.25, 0.3) is 0 Å². The van der Waals surface area contributed by atoms with Gasteiger partial charge in [-0.2, -0.15) is 24.9 Å². The summed E-state index contributed by atoms with van der Waals surface area (Å²) in [7, 11) is 0. The number of allylic oxidation sites excluding steroid dienone is 1. The second kappa shape index (κ2) is 4.93. The molecule has 0 rings (SSSR count). The van der Waals surface area contributed by atoms with Crippen LogP contribution in [0.2, 0.25) is 0 Å². The van der Waals surface area contributed by atoms with Gasteiger partial charge in [0, 0.05) is 11.5 Å². The third-order valence-corrected chi connectivity index (χ3v) is 1.86. The molecule has 0 unspecified atom stereocenters. The smallest absolute Gasteiger partial charge is 0.165 e. The molecule has 0 amide bonds. The second-order valence-electron chi connectivity index (χ2n) is 1.62. The summed E-state index contributed by atoms with van der Waals surface area (Å²) in [5, 5.41) is -1.05. The maximum Gasteiger partial charge on any atom is 0.426 e. The first-order chi connectivity index (χ1) is 4.98. The maximum atomic E-state index is 11.7. The highest BCUT2D eigenvalue weighted by Gasteiger charge is 2.31. The normalized spacial score (nSPS) is 13.7. The van der Waals surface area contributed by atoms with Gasteiger partial charge in [0.05, 0.1) is 0 Å². The van der Waals surface area contributed by atoms with Crippen molar-refractivity contribution >= 4 is 23.4 Å². The zero-order chi connectivity index (χ0) is 8.91. The number of rotatable bonds is 3. The summed E-state index contributed by atoms with van der Waals surface area (Å²) in [6.45, 7) is 1.75. The highest BCUT2D eigenvalue weighted by atomic mass is 35.5. The van der Waals surface area contributed by atoms with Crippen molar-refractivity contribution in [1.82, 2.24) is 0 Å². The topological polar surface area (TPSA) is 0 Å². The average molecular weight is 204 g/mol. The lowest BCUT2D eigenvalue weighted by Gasteiger charge is -2.02. The molecule has 5 heteroatoms. The van der Waals surface area contributed by atoms with Crippen molar-refractivity contribution in [2.45, 2.75) is 13.1 Å². The second-order valence-corrected chi connectivity index (χ2v) is 3.16. The molecule has 0 atom stereocenters. The van der Waals surface area contributed by atoms with Gasteiger partial charge < -0.3 is 0 Å². The Morgan fingerprint density at radius 2 is 2.09 bits per heavy atom. The minimum Gasteiger partial charge on any atom is -0.165 e. The van der Waals surface area contributed by atoms with Crippen LogP contribution in [0.1, 0.15) is 6.92 Å². The van der Waals surface area contributed by atoms with Crippen LogP contribution in [0.25, 0.3) is 0 Å². The summed E-state index contributed by atoms with van der Waals surface area (Å²) in [6, 6.07) is 0. The molecular weight excluding hydrogens is 197 g/mol. The predicted octanol–water partition coefficient (Wildman–Crippen LogP) is 3.59.